The van der Waals surface area contributed by atoms with Gasteiger partial charge >= 0.3 is 5.97 Å². The maximum atomic E-state index is 12.0. The summed E-state index contributed by atoms with van der Waals surface area (Å²) < 4.78 is 20.6. The number of carbonyl (C=O) groups is 2. The molecule has 1 atom stereocenters. The van der Waals surface area contributed by atoms with E-state index in [1.165, 1.54) is 26.2 Å². The van der Waals surface area contributed by atoms with Crippen molar-refractivity contribution in [1.82, 2.24) is 5.16 Å². The third kappa shape index (κ3) is 5.75. The first-order valence-corrected chi connectivity index (χ1v) is 8.85. The Kier molecular flexibility index (Phi) is 7.45. The molecule has 0 spiro atoms. The van der Waals surface area contributed by atoms with E-state index >= 15 is 0 Å². The number of methoxy groups -OCH3 is 1. The minimum atomic E-state index is -1.02. The van der Waals surface area contributed by atoms with Gasteiger partial charge in [-0.15, -0.1) is 0 Å². The fraction of sp³-hybridized carbons (Fsp3) is 0.316. The van der Waals surface area contributed by atoms with E-state index in [1.807, 2.05) is 6.92 Å². The van der Waals surface area contributed by atoms with Crippen LogP contribution in [0.25, 0.3) is 6.08 Å². The van der Waals surface area contributed by atoms with Crippen molar-refractivity contribution in [1.29, 1.82) is 0 Å². The summed E-state index contributed by atoms with van der Waals surface area (Å²) in [6, 6.07) is 4.85. The zero-order valence-electron chi connectivity index (χ0n) is 15.9. The lowest BCUT2D eigenvalue weighted by Crippen LogP contribution is -2.29. The van der Waals surface area contributed by atoms with Crippen molar-refractivity contribution in [2.45, 2.75) is 26.9 Å². The van der Waals surface area contributed by atoms with Crippen LogP contribution in [0.1, 0.15) is 25.2 Å². The highest BCUT2D eigenvalue weighted by Crippen LogP contribution is 2.36. The first-order valence-electron chi connectivity index (χ1n) is 8.47. The van der Waals surface area contributed by atoms with Gasteiger partial charge in [0, 0.05) is 12.1 Å². The lowest BCUT2D eigenvalue weighted by molar-refractivity contribution is -0.148. The average molecular weight is 409 g/mol. The van der Waals surface area contributed by atoms with Gasteiger partial charge in [-0.3, -0.25) is 4.79 Å². The second-order valence-corrected chi connectivity index (χ2v) is 6.10. The molecule has 1 amide bonds. The van der Waals surface area contributed by atoms with Gasteiger partial charge < -0.3 is 24.1 Å². The second kappa shape index (κ2) is 9.80. The van der Waals surface area contributed by atoms with E-state index in [9.17, 15) is 9.59 Å². The summed E-state index contributed by atoms with van der Waals surface area (Å²) in [4.78, 5) is 24.0. The molecule has 1 N–H and O–H groups in total. The summed E-state index contributed by atoms with van der Waals surface area (Å²) in [5.74, 6) is 0.450. The van der Waals surface area contributed by atoms with Crippen molar-refractivity contribution in [2.24, 2.45) is 0 Å². The van der Waals surface area contributed by atoms with Gasteiger partial charge in [-0.2, -0.15) is 0 Å². The van der Waals surface area contributed by atoms with Gasteiger partial charge in [-0.1, -0.05) is 16.8 Å². The molecule has 0 aliphatic heterocycles. The van der Waals surface area contributed by atoms with Crippen molar-refractivity contribution in [3.63, 3.8) is 0 Å². The third-order valence-electron chi connectivity index (χ3n) is 3.49. The number of anilines is 1. The molecule has 0 saturated heterocycles. The summed E-state index contributed by atoms with van der Waals surface area (Å²) in [5.41, 5.74) is 0.609. The smallest absolute Gasteiger partial charge is 0.331 e. The van der Waals surface area contributed by atoms with Crippen LogP contribution in [0.5, 0.6) is 11.5 Å². The Morgan fingerprint density at radius 3 is 2.71 bits per heavy atom. The summed E-state index contributed by atoms with van der Waals surface area (Å²) >= 11 is 6.19. The summed E-state index contributed by atoms with van der Waals surface area (Å²) in [6.07, 6.45) is 1.67. The number of aromatic nitrogens is 1. The molecule has 0 aliphatic carbocycles. The molecule has 1 aromatic carbocycles. The number of esters is 1. The minimum Gasteiger partial charge on any atom is -0.493 e. The number of hydrogen-bond acceptors (Lipinski definition) is 7. The molecule has 28 heavy (non-hydrogen) atoms. The Hall–Kier alpha value is -3.00. The van der Waals surface area contributed by atoms with Crippen LogP contribution in [-0.4, -0.2) is 36.9 Å². The molecule has 1 heterocycles. The number of benzene rings is 1. The highest BCUT2D eigenvalue weighted by Gasteiger charge is 2.18. The van der Waals surface area contributed by atoms with Crippen LogP contribution in [0.15, 0.2) is 28.8 Å². The van der Waals surface area contributed by atoms with Crippen LogP contribution in [0.3, 0.4) is 0 Å². The third-order valence-corrected chi connectivity index (χ3v) is 3.77. The molecule has 0 radical (unpaired) electrons. The number of nitrogens with one attached hydrogen (secondary N) is 1. The van der Waals surface area contributed by atoms with Crippen molar-refractivity contribution in [2.75, 3.05) is 19.0 Å². The van der Waals surface area contributed by atoms with E-state index < -0.39 is 18.0 Å². The Bertz CT molecular complexity index is 877. The van der Waals surface area contributed by atoms with Gasteiger partial charge in [0.05, 0.1) is 18.7 Å². The SMILES string of the molecule is CCOc1c(Cl)cc(/C=C/C(=O)O[C@@H](C)C(=O)Nc2cc(C)on2)cc1OC. The lowest BCUT2D eigenvalue weighted by atomic mass is 10.2. The van der Waals surface area contributed by atoms with Crippen LogP contribution in [0.4, 0.5) is 5.82 Å². The molecule has 8 nitrogen and oxygen atoms in total. The van der Waals surface area contributed by atoms with Gasteiger partial charge in [0.2, 0.25) is 0 Å². The lowest BCUT2D eigenvalue weighted by Gasteiger charge is -2.12. The fourth-order valence-electron chi connectivity index (χ4n) is 2.20. The number of nitrogens with zero attached hydrogens (tertiary/aromatic N) is 1. The van der Waals surface area contributed by atoms with Gasteiger partial charge in [0.15, 0.2) is 23.4 Å². The van der Waals surface area contributed by atoms with Crippen molar-refractivity contribution >= 4 is 35.4 Å². The molecule has 0 aliphatic rings. The maximum absolute atomic E-state index is 12.0. The molecule has 9 heteroatoms. The van der Waals surface area contributed by atoms with E-state index in [0.717, 1.165) is 0 Å². The van der Waals surface area contributed by atoms with E-state index in [1.54, 1.807) is 25.1 Å². The Balaban J connectivity index is 1.99. The van der Waals surface area contributed by atoms with Crippen molar-refractivity contribution < 1.29 is 28.3 Å². The molecule has 1 aromatic heterocycles. The second-order valence-electron chi connectivity index (χ2n) is 5.69. The number of carbonyl (C=O) groups excluding carboxylic acids is 2. The molecule has 0 bridgehead atoms. The molecule has 0 saturated carbocycles. The minimum absolute atomic E-state index is 0.247. The largest absolute Gasteiger partial charge is 0.493 e. The molecule has 150 valence electrons. The van der Waals surface area contributed by atoms with E-state index in [4.69, 9.17) is 30.3 Å². The van der Waals surface area contributed by atoms with Gasteiger partial charge in [0.1, 0.15) is 5.76 Å². The van der Waals surface area contributed by atoms with Crippen LogP contribution in [0.2, 0.25) is 5.02 Å². The van der Waals surface area contributed by atoms with Crippen molar-refractivity contribution in [3.05, 3.63) is 40.6 Å². The van der Waals surface area contributed by atoms with Gasteiger partial charge in [-0.05, 0) is 44.5 Å². The summed E-state index contributed by atoms with van der Waals surface area (Å²) in [6.45, 7) is 5.41. The molecular weight excluding hydrogens is 388 g/mol. The zero-order valence-corrected chi connectivity index (χ0v) is 16.7. The first kappa shape index (κ1) is 21.3. The molecule has 2 aromatic rings. The quantitative estimate of drug-likeness (QED) is 0.525. The standard InChI is InChI=1S/C19H21ClN2O6/c1-5-26-18-14(20)9-13(10-15(18)25-4)6-7-17(23)27-12(3)19(24)21-16-8-11(2)28-22-16/h6-10,12H,5H2,1-4H3,(H,21,22,24)/b7-6+/t12-/m0/s1. The molecule has 0 unspecified atom stereocenters. The Morgan fingerprint density at radius 1 is 1.36 bits per heavy atom. The van der Waals surface area contributed by atoms with Gasteiger partial charge in [0.25, 0.3) is 5.91 Å². The Labute approximate surface area is 167 Å². The number of halogens is 1. The fourth-order valence-corrected chi connectivity index (χ4v) is 2.48. The number of rotatable bonds is 8. The molecule has 2 rings (SSSR count). The topological polar surface area (TPSA) is 99.9 Å². The number of ether oxygens (including phenoxy) is 3. The van der Waals surface area contributed by atoms with Crippen LogP contribution >= 0.6 is 11.6 Å². The number of amides is 1. The highest BCUT2D eigenvalue weighted by atomic mass is 35.5. The highest BCUT2D eigenvalue weighted by molar-refractivity contribution is 6.32. The monoisotopic (exact) mass is 408 g/mol. The normalized spacial score (nSPS) is 11.9. The molecular formula is C19H21ClN2O6. The average Bonchev–Trinajstić information content (AvgIpc) is 3.06. The maximum Gasteiger partial charge on any atom is 0.331 e. The first-order chi connectivity index (χ1) is 13.3. The number of hydrogen-bond donors (Lipinski definition) is 1. The zero-order chi connectivity index (χ0) is 20.7. The van der Waals surface area contributed by atoms with Crippen molar-refractivity contribution in [3.8, 4) is 11.5 Å². The predicted molar refractivity (Wildman–Crippen MR) is 104 cm³/mol. The van der Waals surface area contributed by atoms with Crippen LogP contribution in [0, 0.1) is 6.92 Å². The Morgan fingerprint density at radius 2 is 2.11 bits per heavy atom. The number of aryl methyl sites for hydroxylation is 1. The van der Waals surface area contributed by atoms with Crippen LogP contribution in [-0.2, 0) is 14.3 Å². The molecule has 0 fully saturated rings. The van der Waals surface area contributed by atoms with E-state index in [-0.39, 0.29) is 5.82 Å². The summed E-state index contributed by atoms with van der Waals surface area (Å²) in [7, 11) is 1.49. The predicted octanol–water partition coefficient (Wildman–Crippen LogP) is 3.63. The summed E-state index contributed by atoms with van der Waals surface area (Å²) in [5, 5.41) is 6.48. The van der Waals surface area contributed by atoms with E-state index in [2.05, 4.69) is 10.5 Å². The van der Waals surface area contributed by atoms with Gasteiger partial charge in [-0.25, -0.2) is 4.79 Å². The van der Waals surface area contributed by atoms with Crippen LogP contribution < -0.4 is 14.8 Å². The van der Waals surface area contributed by atoms with E-state index in [0.29, 0.717) is 34.5 Å².